The molecule has 16 heavy (non-hydrogen) atoms. The zero-order valence-electron chi connectivity index (χ0n) is 10.6. The third-order valence-electron chi connectivity index (χ3n) is 2.74. The first-order chi connectivity index (χ1) is 7.72. The number of allylic oxidation sites excluding steroid dienone is 1. The Balaban J connectivity index is 2.61. The number of epoxide rings is 1. The summed E-state index contributed by atoms with van der Waals surface area (Å²) in [6, 6.07) is 0. The molecular formula is C11H22O4Si. The summed E-state index contributed by atoms with van der Waals surface area (Å²) in [5, 5.41) is 0. The Labute approximate surface area is 98.8 Å². The first kappa shape index (κ1) is 13.9. The van der Waals surface area contributed by atoms with E-state index in [1.165, 1.54) is 0 Å². The van der Waals surface area contributed by atoms with Crippen LogP contribution in [0.4, 0.5) is 0 Å². The first-order valence-corrected chi connectivity index (χ1v) is 7.66. The maximum absolute atomic E-state index is 5.85. The minimum Gasteiger partial charge on any atom is -0.393 e. The summed E-state index contributed by atoms with van der Waals surface area (Å²) >= 11 is 0. The molecule has 0 bridgehead atoms. The number of hydrogen-bond acceptors (Lipinski definition) is 4. The van der Waals surface area contributed by atoms with Crippen LogP contribution in [-0.4, -0.2) is 47.8 Å². The minimum atomic E-state index is -2.37. The van der Waals surface area contributed by atoms with Crippen LogP contribution >= 0.6 is 0 Å². The van der Waals surface area contributed by atoms with Crippen molar-refractivity contribution in [2.75, 3.05) is 27.4 Å². The van der Waals surface area contributed by atoms with Gasteiger partial charge in [0.15, 0.2) is 0 Å². The molecule has 5 heteroatoms. The molecule has 0 radical (unpaired) electrons. The maximum atomic E-state index is 5.85. The Morgan fingerprint density at radius 3 is 2.44 bits per heavy atom. The van der Waals surface area contributed by atoms with Crippen molar-refractivity contribution in [2.45, 2.75) is 32.1 Å². The van der Waals surface area contributed by atoms with Crippen molar-refractivity contribution in [3.8, 4) is 0 Å². The molecule has 4 nitrogen and oxygen atoms in total. The van der Waals surface area contributed by atoms with Crippen LogP contribution in [0.2, 0.25) is 0 Å². The van der Waals surface area contributed by atoms with E-state index in [1.54, 1.807) is 14.2 Å². The standard InChI is InChI=1S/C11H22O4Si/c1-5-7-16(12-3,13-4)11(6-2)15-9-10-8-14-10/h5,7,10-11H,6,8-9H2,1-4H3. The van der Waals surface area contributed by atoms with E-state index < -0.39 is 8.56 Å². The molecule has 1 aliphatic rings. The summed E-state index contributed by atoms with van der Waals surface area (Å²) in [6.07, 6.45) is 3.13. The fourth-order valence-corrected chi connectivity index (χ4v) is 4.27. The highest BCUT2D eigenvalue weighted by atomic mass is 28.4. The van der Waals surface area contributed by atoms with E-state index in [1.807, 2.05) is 18.7 Å². The molecule has 2 unspecified atom stereocenters. The summed E-state index contributed by atoms with van der Waals surface area (Å²) in [5.74, 6) is 0. The highest BCUT2D eigenvalue weighted by molar-refractivity contribution is 6.73. The maximum Gasteiger partial charge on any atom is 0.394 e. The van der Waals surface area contributed by atoms with Crippen LogP contribution in [0.3, 0.4) is 0 Å². The van der Waals surface area contributed by atoms with Gasteiger partial charge in [-0.15, -0.1) is 0 Å². The third kappa shape index (κ3) is 3.40. The normalized spacial score (nSPS) is 22.6. The van der Waals surface area contributed by atoms with Gasteiger partial charge in [0.2, 0.25) is 0 Å². The summed E-state index contributed by atoms with van der Waals surface area (Å²) in [4.78, 5) is 0. The Morgan fingerprint density at radius 2 is 2.06 bits per heavy atom. The predicted octanol–water partition coefficient (Wildman–Crippen LogP) is 1.57. The van der Waals surface area contributed by atoms with Gasteiger partial charge in [0.05, 0.1) is 13.2 Å². The van der Waals surface area contributed by atoms with Crippen LogP contribution in [0, 0.1) is 0 Å². The average Bonchev–Trinajstić information content (AvgIpc) is 3.12. The van der Waals surface area contributed by atoms with E-state index in [-0.39, 0.29) is 11.8 Å². The van der Waals surface area contributed by atoms with E-state index in [2.05, 4.69) is 6.92 Å². The second-order valence-electron chi connectivity index (χ2n) is 3.82. The second kappa shape index (κ2) is 6.51. The van der Waals surface area contributed by atoms with Crippen molar-refractivity contribution in [3.05, 3.63) is 11.8 Å². The molecule has 0 spiro atoms. The highest BCUT2D eigenvalue weighted by Gasteiger charge is 2.43. The molecular weight excluding hydrogens is 224 g/mol. The summed E-state index contributed by atoms with van der Waals surface area (Å²) in [6.45, 7) is 5.50. The van der Waals surface area contributed by atoms with Crippen LogP contribution in [-0.2, 0) is 18.3 Å². The van der Waals surface area contributed by atoms with Gasteiger partial charge in [0, 0.05) is 14.2 Å². The number of ether oxygens (including phenoxy) is 2. The van der Waals surface area contributed by atoms with Gasteiger partial charge in [-0.2, -0.15) is 0 Å². The van der Waals surface area contributed by atoms with Crippen LogP contribution in [0.15, 0.2) is 11.8 Å². The van der Waals surface area contributed by atoms with Crippen LogP contribution in [0.25, 0.3) is 0 Å². The topological polar surface area (TPSA) is 40.2 Å². The molecule has 0 aromatic rings. The molecule has 94 valence electrons. The van der Waals surface area contributed by atoms with E-state index >= 15 is 0 Å². The molecule has 1 rings (SSSR count). The third-order valence-corrected chi connectivity index (χ3v) is 6.29. The SMILES string of the molecule is CC=C[Si](OC)(OC)C(CC)OCC1CO1. The van der Waals surface area contributed by atoms with Crippen molar-refractivity contribution in [1.82, 2.24) is 0 Å². The molecule has 0 amide bonds. The van der Waals surface area contributed by atoms with Crippen LogP contribution in [0.5, 0.6) is 0 Å². The van der Waals surface area contributed by atoms with E-state index in [9.17, 15) is 0 Å². The first-order valence-electron chi connectivity index (χ1n) is 5.69. The Hall–Kier alpha value is -0.203. The lowest BCUT2D eigenvalue weighted by Gasteiger charge is -2.31. The molecule has 1 fully saturated rings. The lowest BCUT2D eigenvalue weighted by atomic mass is 10.5. The van der Waals surface area contributed by atoms with Crippen LogP contribution < -0.4 is 0 Å². The largest absolute Gasteiger partial charge is 0.394 e. The summed E-state index contributed by atoms with van der Waals surface area (Å²) in [7, 11) is 1.01. The molecule has 0 aromatic heterocycles. The Morgan fingerprint density at radius 1 is 1.44 bits per heavy atom. The zero-order valence-corrected chi connectivity index (χ0v) is 11.6. The van der Waals surface area contributed by atoms with E-state index in [4.69, 9.17) is 18.3 Å². The average molecular weight is 246 g/mol. The van der Waals surface area contributed by atoms with Gasteiger partial charge >= 0.3 is 8.56 Å². The van der Waals surface area contributed by atoms with Gasteiger partial charge in [0.1, 0.15) is 11.8 Å². The van der Waals surface area contributed by atoms with Gasteiger partial charge in [0.25, 0.3) is 0 Å². The van der Waals surface area contributed by atoms with Gasteiger partial charge in [-0.1, -0.05) is 13.0 Å². The Kier molecular flexibility index (Phi) is 5.64. The molecule has 1 saturated heterocycles. The molecule has 1 aliphatic heterocycles. The molecule has 0 N–H and O–H groups in total. The van der Waals surface area contributed by atoms with Crippen LogP contribution in [0.1, 0.15) is 20.3 Å². The summed E-state index contributed by atoms with van der Waals surface area (Å²) < 4.78 is 22.2. The molecule has 1 heterocycles. The smallest absolute Gasteiger partial charge is 0.393 e. The van der Waals surface area contributed by atoms with Gasteiger partial charge in [-0.05, 0) is 19.0 Å². The van der Waals surface area contributed by atoms with E-state index in [0.29, 0.717) is 6.61 Å². The van der Waals surface area contributed by atoms with Crippen molar-refractivity contribution in [2.24, 2.45) is 0 Å². The fourth-order valence-electron chi connectivity index (χ4n) is 1.73. The lowest BCUT2D eigenvalue weighted by molar-refractivity contribution is 0.0506. The molecule has 0 saturated carbocycles. The summed E-state index contributed by atoms with van der Waals surface area (Å²) in [5.41, 5.74) is 2.04. The number of rotatable bonds is 8. The monoisotopic (exact) mass is 246 g/mol. The minimum absolute atomic E-state index is 0.0166. The second-order valence-corrected chi connectivity index (χ2v) is 7.05. The number of hydrogen-bond donors (Lipinski definition) is 0. The van der Waals surface area contributed by atoms with Gasteiger partial charge < -0.3 is 18.3 Å². The van der Waals surface area contributed by atoms with Crippen molar-refractivity contribution in [3.63, 3.8) is 0 Å². The predicted molar refractivity (Wildman–Crippen MR) is 64.4 cm³/mol. The van der Waals surface area contributed by atoms with Crippen molar-refractivity contribution in [1.29, 1.82) is 0 Å². The van der Waals surface area contributed by atoms with Crippen molar-refractivity contribution >= 4 is 8.56 Å². The quantitative estimate of drug-likeness (QED) is 0.481. The molecule has 2 atom stereocenters. The fraction of sp³-hybridized carbons (Fsp3) is 0.818. The van der Waals surface area contributed by atoms with Gasteiger partial charge in [-0.3, -0.25) is 0 Å². The Bertz CT molecular complexity index is 224. The van der Waals surface area contributed by atoms with Gasteiger partial charge in [-0.25, -0.2) is 0 Å². The highest BCUT2D eigenvalue weighted by Crippen LogP contribution is 2.21. The molecule has 0 aliphatic carbocycles. The van der Waals surface area contributed by atoms with Crippen molar-refractivity contribution < 1.29 is 18.3 Å². The van der Waals surface area contributed by atoms with E-state index in [0.717, 1.165) is 13.0 Å². The lowest BCUT2D eigenvalue weighted by Crippen LogP contribution is -2.52. The zero-order chi connectivity index (χ0) is 12.0. The molecule has 0 aromatic carbocycles.